The van der Waals surface area contributed by atoms with Crippen LogP contribution in [0, 0.1) is 0 Å². The fourth-order valence-electron chi connectivity index (χ4n) is 0. The van der Waals surface area contributed by atoms with Crippen molar-refractivity contribution < 1.29 is 48.8 Å². The molecule has 0 atom stereocenters. The van der Waals surface area contributed by atoms with Gasteiger partial charge in [0.2, 0.25) is 0 Å². The third-order valence-corrected chi connectivity index (χ3v) is 0. The van der Waals surface area contributed by atoms with Crippen LogP contribution in [0.25, 0.3) is 0 Å². The van der Waals surface area contributed by atoms with Crippen molar-refractivity contribution in [3.05, 3.63) is 0 Å². The molecule has 0 spiro atoms. The summed E-state index contributed by atoms with van der Waals surface area (Å²) in [5.74, 6) is 0. The van der Waals surface area contributed by atoms with Gasteiger partial charge in [-0.25, -0.2) is 0 Å². The van der Waals surface area contributed by atoms with Gasteiger partial charge in [-0.1, -0.05) is 0 Å². The predicted octanol–water partition coefficient (Wildman–Crippen LogP) is -4.56. The summed E-state index contributed by atoms with van der Waals surface area (Å²) in [5.41, 5.74) is 0. The molecule has 0 aromatic heterocycles. The van der Waals surface area contributed by atoms with Crippen molar-refractivity contribution in [1.29, 1.82) is 0 Å². The minimum absolute atomic E-state index is 0. The maximum atomic E-state index is 8.77. The van der Waals surface area contributed by atoms with E-state index in [1.54, 1.807) is 0 Å². The zero-order valence-electron chi connectivity index (χ0n) is 3.16. The molecule has 32 valence electrons. The number of rotatable bonds is 0. The summed E-state index contributed by atoms with van der Waals surface area (Å²) in [4.78, 5) is 22.9. The summed E-state index contributed by atoms with van der Waals surface area (Å²) in [6.45, 7) is 0. The molecule has 0 bridgehead atoms. The molecule has 6 heavy (non-hydrogen) atoms. The second-order valence-electron chi connectivity index (χ2n) is 0.491. The number of hydrogen-bond donors (Lipinski definition) is 2. The number of phosphoric acid groups is 1. The molecule has 6 heteroatoms. The molecule has 0 saturated carbocycles. The predicted molar refractivity (Wildman–Crippen MR) is 12.0 cm³/mol. The van der Waals surface area contributed by atoms with E-state index in [9.17, 15) is 0 Å². The molecule has 4 nitrogen and oxygen atoms in total. The summed E-state index contributed by atoms with van der Waals surface area (Å²) in [7, 11) is -4.89. The molecular weight excluding hydrogens is 119 g/mol. The van der Waals surface area contributed by atoms with Gasteiger partial charge in [-0.3, -0.25) is 4.57 Å². The summed E-state index contributed by atoms with van der Waals surface area (Å²) >= 11 is 0. The first kappa shape index (κ1) is 10.2. The standard InChI is InChI=1S/Na.H3O4P/c;1-5(2,3)4/h;(H3,1,2,3,4)/q+1;/p-1/i;5+1. The zero-order valence-corrected chi connectivity index (χ0v) is 6.05. The van der Waals surface area contributed by atoms with Crippen LogP contribution in [0.4, 0.5) is 0 Å². The van der Waals surface area contributed by atoms with Crippen LogP contribution < -0.4 is 34.5 Å². The summed E-state index contributed by atoms with van der Waals surface area (Å²) in [6, 6.07) is 0. The normalized spacial score (nSPS) is 9.83. The van der Waals surface area contributed by atoms with Crippen molar-refractivity contribution in [2.75, 3.05) is 0 Å². The van der Waals surface area contributed by atoms with Crippen LogP contribution in [0.1, 0.15) is 0 Å². The van der Waals surface area contributed by atoms with Crippen molar-refractivity contribution in [2.45, 2.75) is 0 Å². The average molecular weight is 121 g/mol. The van der Waals surface area contributed by atoms with Crippen LogP contribution in [0.2, 0.25) is 0 Å². The summed E-state index contributed by atoms with van der Waals surface area (Å²) in [6.07, 6.45) is 0. The van der Waals surface area contributed by atoms with E-state index in [2.05, 4.69) is 0 Å². The van der Waals surface area contributed by atoms with E-state index >= 15 is 0 Å². The minimum atomic E-state index is -4.89. The molecule has 0 aromatic carbocycles. The van der Waals surface area contributed by atoms with Crippen molar-refractivity contribution in [3.63, 3.8) is 0 Å². The van der Waals surface area contributed by atoms with E-state index in [1.807, 2.05) is 0 Å². The molecule has 0 radical (unpaired) electrons. The Balaban J connectivity index is 0. The minimum Gasteiger partial charge on any atom is -0.756 e. The number of hydrogen-bond acceptors (Lipinski definition) is 2. The quantitative estimate of drug-likeness (QED) is 0.250. The molecule has 0 saturated heterocycles. The van der Waals surface area contributed by atoms with Crippen LogP contribution in [-0.4, -0.2) is 9.79 Å². The fraction of sp³-hybridized carbons (Fsp3) is 0. The molecule has 0 unspecified atom stereocenters. The van der Waals surface area contributed by atoms with Crippen LogP contribution in [0.3, 0.4) is 0 Å². The van der Waals surface area contributed by atoms with E-state index in [-0.39, 0.29) is 29.6 Å². The van der Waals surface area contributed by atoms with E-state index in [1.165, 1.54) is 0 Å². The third-order valence-electron chi connectivity index (χ3n) is 0. The van der Waals surface area contributed by atoms with E-state index < -0.39 is 7.82 Å². The second-order valence-corrected chi connectivity index (χ2v) is 1.47. The van der Waals surface area contributed by atoms with Crippen molar-refractivity contribution >= 4 is 7.82 Å². The third kappa shape index (κ3) is 70.1. The Morgan fingerprint density at radius 1 is 1.50 bits per heavy atom. The maximum absolute atomic E-state index is 8.77. The van der Waals surface area contributed by atoms with Crippen LogP contribution >= 0.6 is 7.82 Å². The first-order chi connectivity index (χ1) is 2.00. The Morgan fingerprint density at radius 2 is 1.50 bits per heavy atom. The maximum Gasteiger partial charge on any atom is 1.00 e. The van der Waals surface area contributed by atoms with E-state index in [0.717, 1.165) is 0 Å². The van der Waals surface area contributed by atoms with Gasteiger partial charge in [0.1, 0.15) is 0 Å². The molecule has 0 aliphatic rings. The van der Waals surface area contributed by atoms with Crippen molar-refractivity contribution in [2.24, 2.45) is 0 Å². The second kappa shape index (κ2) is 3.16. The Labute approximate surface area is 56.7 Å². The van der Waals surface area contributed by atoms with Gasteiger partial charge in [-0.15, -0.1) is 0 Å². The SMILES string of the molecule is O=[32P]([O-])(O)O.[Na+]. The van der Waals surface area contributed by atoms with Gasteiger partial charge in [0.15, 0.2) is 0 Å². The molecule has 0 aromatic rings. The molecule has 0 amide bonds. The topological polar surface area (TPSA) is 80.6 Å². The summed E-state index contributed by atoms with van der Waals surface area (Å²) < 4.78 is 8.77. The monoisotopic (exact) mass is 121 g/mol. The van der Waals surface area contributed by atoms with Crippen molar-refractivity contribution in [1.82, 2.24) is 0 Å². The molecule has 2 N–H and O–H groups in total. The summed E-state index contributed by atoms with van der Waals surface area (Å²) in [5, 5.41) is 0. The van der Waals surface area contributed by atoms with Gasteiger partial charge in [0, 0.05) is 0 Å². The van der Waals surface area contributed by atoms with Crippen LogP contribution in [-0.2, 0) is 4.57 Å². The largest absolute Gasteiger partial charge is 1.00 e. The van der Waals surface area contributed by atoms with Gasteiger partial charge in [0.25, 0.3) is 7.82 Å². The molecule has 0 aliphatic heterocycles. The van der Waals surface area contributed by atoms with Gasteiger partial charge in [0.05, 0.1) is 0 Å². The first-order valence-electron chi connectivity index (χ1n) is 0.765. The van der Waals surface area contributed by atoms with Crippen LogP contribution in [0.5, 0.6) is 0 Å². The Kier molecular flexibility index (Phi) is 5.35. The van der Waals surface area contributed by atoms with E-state index in [4.69, 9.17) is 19.2 Å². The zero-order chi connectivity index (χ0) is 4.50. The van der Waals surface area contributed by atoms with Crippen molar-refractivity contribution in [3.8, 4) is 0 Å². The van der Waals surface area contributed by atoms with Gasteiger partial charge in [-0.2, -0.15) is 0 Å². The molecule has 0 heterocycles. The molecule has 0 fully saturated rings. The molecular formula is H2NaO4P. The van der Waals surface area contributed by atoms with Crippen LogP contribution in [0.15, 0.2) is 0 Å². The average Bonchev–Trinajstić information content (AvgIpc) is 0.722. The Morgan fingerprint density at radius 3 is 1.50 bits per heavy atom. The fourth-order valence-corrected chi connectivity index (χ4v) is 0. The van der Waals surface area contributed by atoms with Gasteiger partial charge >= 0.3 is 29.6 Å². The smallest absolute Gasteiger partial charge is 0.756 e. The Hall–Kier alpha value is 1.11. The molecule has 0 aliphatic carbocycles. The van der Waals surface area contributed by atoms with E-state index in [0.29, 0.717) is 0 Å². The Bertz CT molecular complexity index is 53.7. The van der Waals surface area contributed by atoms with Gasteiger partial charge < -0.3 is 14.7 Å². The molecule has 0 rings (SSSR count). The van der Waals surface area contributed by atoms with Gasteiger partial charge in [-0.05, 0) is 0 Å². The first-order valence-corrected chi connectivity index (χ1v) is 2.30.